The van der Waals surface area contributed by atoms with E-state index in [-0.39, 0.29) is 12.7 Å². The Kier molecular flexibility index (Phi) is 5.43. The van der Waals surface area contributed by atoms with Gasteiger partial charge in [0.05, 0.1) is 0 Å². The number of carbonyl (C=O) groups is 1. The Morgan fingerprint density at radius 1 is 1.16 bits per heavy atom. The molecule has 2 N–H and O–H groups in total. The van der Waals surface area contributed by atoms with Crippen molar-refractivity contribution < 1.29 is 14.3 Å². The number of hydrogen-bond donors (Lipinski definition) is 2. The second kappa shape index (κ2) is 7.92. The first kappa shape index (κ1) is 17.1. The predicted molar refractivity (Wildman–Crippen MR) is 98.1 cm³/mol. The molecule has 132 valence electrons. The van der Waals surface area contributed by atoms with Gasteiger partial charge < -0.3 is 20.1 Å². The lowest BCUT2D eigenvalue weighted by Crippen LogP contribution is -2.25. The van der Waals surface area contributed by atoms with Gasteiger partial charge in [0.1, 0.15) is 0 Å². The highest BCUT2D eigenvalue weighted by molar-refractivity contribution is 5.76. The minimum atomic E-state index is 0.0248. The van der Waals surface area contributed by atoms with Crippen molar-refractivity contribution in [1.29, 1.82) is 0 Å². The maximum absolute atomic E-state index is 12.1. The number of fused-ring (bicyclic) bond motifs is 1. The van der Waals surface area contributed by atoms with E-state index >= 15 is 0 Å². The second-order valence-corrected chi connectivity index (χ2v) is 6.10. The lowest BCUT2D eigenvalue weighted by Gasteiger charge is -2.14. The van der Waals surface area contributed by atoms with E-state index in [1.165, 1.54) is 11.1 Å². The van der Waals surface area contributed by atoms with Crippen LogP contribution < -0.4 is 20.1 Å². The van der Waals surface area contributed by atoms with E-state index in [4.69, 9.17) is 9.47 Å². The number of rotatable bonds is 7. The molecule has 1 aliphatic heterocycles. The average molecular weight is 340 g/mol. The van der Waals surface area contributed by atoms with Gasteiger partial charge in [0.2, 0.25) is 12.7 Å². The molecular formula is C20H24N2O3. The summed E-state index contributed by atoms with van der Waals surface area (Å²) < 4.78 is 10.6. The van der Waals surface area contributed by atoms with Crippen LogP contribution in [0.3, 0.4) is 0 Å². The Labute approximate surface area is 148 Å². The van der Waals surface area contributed by atoms with E-state index < -0.39 is 0 Å². The summed E-state index contributed by atoms with van der Waals surface area (Å²) in [5, 5.41) is 6.34. The zero-order valence-electron chi connectivity index (χ0n) is 14.7. The highest BCUT2D eigenvalue weighted by Gasteiger charge is 2.13. The molecule has 0 fully saturated rings. The molecule has 0 radical (unpaired) electrons. The topological polar surface area (TPSA) is 59.6 Å². The van der Waals surface area contributed by atoms with Crippen molar-refractivity contribution in [1.82, 2.24) is 5.32 Å². The third kappa shape index (κ3) is 4.24. The maximum atomic E-state index is 12.1. The molecule has 1 amide bonds. The molecule has 2 aromatic rings. The molecule has 1 aliphatic rings. The Bertz CT molecular complexity index is 759. The van der Waals surface area contributed by atoms with Gasteiger partial charge in [-0.15, -0.1) is 0 Å². The number of benzene rings is 2. The van der Waals surface area contributed by atoms with E-state index in [2.05, 4.69) is 42.7 Å². The summed E-state index contributed by atoms with van der Waals surface area (Å²) in [5.74, 6) is 1.51. The molecule has 5 nitrogen and oxygen atoms in total. The summed E-state index contributed by atoms with van der Waals surface area (Å²) in [6.45, 7) is 5.58. The summed E-state index contributed by atoms with van der Waals surface area (Å²) in [7, 11) is 0. The molecule has 0 aromatic heterocycles. The van der Waals surface area contributed by atoms with Gasteiger partial charge in [0.25, 0.3) is 0 Å². The van der Waals surface area contributed by atoms with Crippen LogP contribution in [0.25, 0.3) is 0 Å². The SMILES string of the molecule is CCc1cccc(C)c1NCCC(=O)NCc1ccc2c(c1)OCO2. The van der Waals surface area contributed by atoms with E-state index in [0.29, 0.717) is 19.5 Å². The molecule has 0 spiro atoms. The lowest BCUT2D eigenvalue weighted by atomic mass is 10.1. The molecule has 2 aromatic carbocycles. The standard InChI is InChI=1S/C20H24N2O3/c1-3-16-6-4-5-14(2)20(16)21-10-9-19(23)22-12-15-7-8-17-18(11-15)25-13-24-17/h4-8,11,21H,3,9-10,12-13H2,1-2H3,(H,22,23). The Morgan fingerprint density at radius 2 is 2.00 bits per heavy atom. The van der Waals surface area contributed by atoms with Crippen molar-refractivity contribution >= 4 is 11.6 Å². The van der Waals surface area contributed by atoms with Crippen molar-refractivity contribution in [2.75, 3.05) is 18.7 Å². The first-order valence-corrected chi connectivity index (χ1v) is 8.65. The van der Waals surface area contributed by atoms with Gasteiger partial charge in [-0.25, -0.2) is 0 Å². The fraction of sp³-hybridized carbons (Fsp3) is 0.350. The lowest BCUT2D eigenvalue weighted by molar-refractivity contribution is -0.121. The van der Waals surface area contributed by atoms with Crippen LogP contribution in [0.1, 0.15) is 30.0 Å². The number of anilines is 1. The van der Waals surface area contributed by atoms with Crippen LogP contribution in [-0.2, 0) is 17.8 Å². The molecule has 0 saturated carbocycles. The summed E-state index contributed by atoms with van der Waals surface area (Å²) >= 11 is 0. The molecule has 5 heteroatoms. The van der Waals surface area contributed by atoms with Crippen LogP contribution in [0.4, 0.5) is 5.69 Å². The van der Waals surface area contributed by atoms with Gasteiger partial charge in [0.15, 0.2) is 11.5 Å². The molecule has 0 atom stereocenters. The number of hydrogen-bond acceptors (Lipinski definition) is 4. The third-order valence-corrected chi connectivity index (χ3v) is 4.32. The van der Waals surface area contributed by atoms with Gasteiger partial charge in [0, 0.05) is 25.2 Å². The van der Waals surface area contributed by atoms with Crippen LogP contribution >= 0.6 is 0 Å². The molecule has 0 saturated heterocycles. The molecule has 1 heterocycles. The molecule has 3 rings (SSSR count). The van der Waals surface area contributed by atoms with E-state index in [1.54, 1.807) is 0 Å². The van der Waals surface area contributed by atoms with Crippen molar-refractivity contribution in [3.8, 4) is 11.5 Å². The Hall–Kier alpha value is -2.69. The number of nitrogens with one attached hydrogen (secondary N) is 2. The molecule has 0 bridgehead atoms. The Balaban J connectivity index is 1.46. The zero-order chi connectivity index (χ0) is 17.6. The quantitative estimate of drug-likeness (QED) is 0.811. The van der Waals surface area contributed by atoms with Gasteiger partial charge >= 0.3 is 0 Å². The van der Waals surface area contributed by atoms with Gasteiger partial charge in [-0.3, -0.25) is 4.79 Å². The van der Waals surface area contributed by atoms with Gasteiger partial charge in [-0.05, 0) is 42.2 Å². The number of para-hydroxylation sites is 1. The number of aryl methyl sites for hydroxylation is 2. The molecule has 0 aliphatic carbocycles. The summed E-state index contributed by atoms with van der Waals surface area (Å²) in [6, 6.07) is 12.0. The van der Waals surface area contributed by atoms with Crippen LogP contribution in [0.5, 0.6) is 11.5 Å². The first-order valence-electron chi connectivity index (χ1n) is 8.65. The monoisotopic (exact) mass is 340 g/mol. The van der Waals surface area contributed by atoms with Gasteiger partial charge in [-0.1, -0.05) is 31.2 Å². The zero-order valence-corrected chi connectivity index (χ0v) is 14.7. The van der Waals surface area contributed by atoms with Crippen LogP contribution in [-0.4, -0.2) is 19.2 Å². The summed E-state index contributed by atoms with van der Waals surface area (Å²) in [5.41, 5.74) is 4.63. The first-order chi connectivity index (χ1) is 12.2. The average Bonchev–Trinajstić information content (AvgIpc) is 3.09. The Morgan fingerprint density at radius 3 is 2.84 bits per heavy atom. The van der Waals surface area contributed by atoms with E-state index in [0.717, 1.165) is 29.2 Å². The number of ether oxygens (including phenoxy) is 2. The predicted octanol–water partition coefficient (Wildman–Crippen LogP) is 3.40. The minimum absolute atomic E-state index is 0.0248. The van der Waals surface area contributed by atoms with E-state index in [9.17, 15) is 4.79 Å². The highest BCUT2D eigenvalue weighted by atomic mass is 16.7. The van der Waals surface area contributed by atoms with Crippen molar-refractivity contribution in [2.24, 2.45) is 0 Å². The van der Waals surface area contributed by atoms with Crippen LogP contribution in [0.15, 0.2) is 36.4 Å². The summed E-state index contributed by atoms with van der Waals surface area (Å²) in [4.78, 5) is 12.1. The minimum Gasteiger partial charge on any atom is -0.454 e. The molecule has 25 heavy (non-hydrogen) atoms. The third-order valence-electron chi connectivity index (χ3n) is 4.32. The fourth-order valence-corrected chi connectivity index (χ4v) is 2.92. The normalized spacial score (nSPS) is 12.1. The van der Waals surface area contributed by atoms with Crippen molar-refractivity contribution in [3.63, 3.8) is 0 Å². The van der Waals surface area contributed by atoms with E-state index in [1.807, 2.05) is 18.2 Å². The molecule has 0 unspecified atom stereocenters. The largest absolute Gasteiger partial charge is 0.454 e. The second-order valence-electron chi connectivity index (χ2n) is 6.10. The van der Waals surface area contributed by atoms with Crippen molar-refractivity contribution in [2.45, 2.75) is 33.2 Å². The highest BCUT2D eigenvalue weighted by Crippen LogP contribution is 2.32. The van der Waals surface area contributed by atoms with Crippen LogP contribution in [0, 0.1) is 6.92 Å². The fourth-order valence-electron chi connectivity index (χ4n) is 2.92. The number of amides is 1. The molecular weight excluding hydrogens is 316 g/mol. The summed E-state index contributed by atoms with van der Waals surface area (Å²) in [6.07, 6.45) is 1.41. The van der Waals surface area contributed by atoms with Crippen molar-refractivity contribution in [3.05, 3.63) is 53.1 Å². The van der Waals surface area contributed by atoms with Gasteiger partial charge in [-0.2, -0.15) is 0 Å². The van der Waals surface area contributed by atoms with Crippen LogP contribution in [0.2, 0.25) is 0 Å². The maximum Gasteiger partial charge on any atom is 0.231 e. The smallest absolute Gasteiger partial charge is 0.231 e. The number of carbonyl (C=O) groups excluding carboxylic acids is 1.